The second-order valence-corrected chi connectivity index (χ2v) is 7.39. The van der Waals surface area contributed by atoms with Gasteiger partial charge in [-0.05, 0) is 56.2 Å². The maximum atomic E-state index is 12.9. The Kier molecular flexibility index (Phi) is 4.46. The minimum absolute atomic E-state index is 0.0935. The Labute approximate surface area is 147 Å². The van der Waals surface area contributed by atoms with Gasteiger partial charge in [0.25, 0.3) is 0 Å². The van der Waals surface area contributed by atoms with Gasteiger partial charge in [0.05, 0.1) is 6.61 Å². The summed E-state index contributed by atoms with van der Waals surface area (Å²) in [5, 5.41) is 2.97. The molecule has 2 saturated carbocycles. The van der Waals surface area contributed by atoms with E-state index in [1.54, 1.807) is 12.4 Å². The van der Waals surface area contributed by atoms with Gasteiger partial charge in [-0.3, -0.25) is 19.5 Å². The van der Waals surface area contributed by atoms with Crippen LogP contribution in [0.5, 0.6) is 0 Å². The number of nitrogens with zero attached hydrogens (tertiary/aromatic N) is 2. The predicted molar refractivity (Wildman–Crippen MR) is 91.2 cm³/mol. The zero-order valence-electron chi connectivity index (χ0n) is 14.4. The molecule has 3 fully saturated rings. The molecule has 1 N–H and O–H groups in total. The highest BCUT2D eigenvalue weighted by molar-refractivity contribution is 5.90. The lowest BCUT2D eigenvalue weighted by Gasteiger charge is -2.41. The maximum absolute atomic E-state index is 12.9. The van der Waals surface area contributed by atoms with Crippen LogP contribution in [0.3, 0.4) is 0 Å². The SMILES string of the molecule is O=C(NCc1ccncc1)C1COC2(CCCCC2)N1C(=O)C1CC1. The first-order valence-corrected chi connectivity index (χ1v) is 9.33. The normalized spacial score (nSPS) is 25.1. The van der Waals surface area contributed by atoms with Gasteiger partial charge < -0.3 is 10.1 Å². The lowest BCUT2D eigenvalue weighted by atomic mass is 9.90. The number of nitrogens with one attached hydrogen (secondary N) is 1. The van der Waals surface area contributed by atoms with E-state index in [1.807, 2.05) is 17.0 Å². The van der Waals surface area contributed by atoms with Crippen molar-refractivity contribution in [2.45, 2.75) is 63.3 Å². The molecule has 25 heavy (non-hydrogen) atoms. The Balaban J connectivity index is 1.49. The number of pyridine rings is 1. The summed E-state index contributed by atoms with van der Waals surface area (Å²) in [6.07, 6.45) is 10.3. The lowest BCUT2D eigenvalue weighted by Crippen LogP contribution is -2.56. The Bertz CT molecular complexity index is 639. The quantitative estimate of drug-likeness (QED) is 0.908. The van der Waals surface area contributed by atoms with E-state index in [1.165, 1.54) is 6.42 Å². The van der Waals surface area contributed by atoms with Crippen molar-refractivity contribution in [3.63, 3.8) is 0 Å². The van der Waals surface area contributed by atoms with E-state index >= 15 is 0 Å². The maximum Gasteiger partial charge on any atom is 0.245 e. The molecule has 1 saturated heterocycles. The molecule has 2 amide bonds. The molecule has 3 aliphatic rings. The first-order valence-electron chi connectivity index (χ1n) is 9.33. The molecular formula is C19H25N3O3. The number of ether oxygens (including phenoxy) is 1. The monoisotopic (exact) mass is 343 g/mol. The van der Waals surface area contributed by atoms with Gasteiger partial charge in [-0.25, -0.2) is 0 Å². The first kappa shape index (κ1) is 16.5. The summed E-state index contributed by atoms with van der Waals surface area (Å²) in [4.78, 5) is 31.5. The Morgan fingerprint density at radius 3 is 2.60 bits per heavy atom. The number of rotatable bonds is 4. The van der Waals surface area contributed by atoms with Crippen LogP contribution in [0.2, 0.25) is 0 Å². The molecule has 6 nitrogen and oxygen atoms in total. The summed E-state index contributed by atoms with van der Waals surface area (Å²) in [5.74, 6) is 0.0905. The smallest absolute Gasteiger partial charge is 0.245 e. The van der Waals surface area contributed by atoms with E-state index in [-0.39, 0.29) is 17.7 Å². The van der Waals surface area contributed by atoms with Gasteiger partial charge in [0, 0.05) is 24.9 Å². The molecule has 1 aromatic rings. The van der Waals surface area contributed by atoms with Gasteiger partial charge in [0.15, 0.2) is 0 Å². The zero-order valence-corrected chi connectivity index (χ0v) is 14.4. The molecule has 2 aliphatic carbocycles. The Morgan fingerprint density at radius 2 is 1.92 bits per heavy atom. The fraction of sp³-hybridized carbons (Fsp3) is 0.632. The Hall–Kier alpha value is -1.95. The van der Waals surface area contributed by atoms with E-state index in [0.717, 1.165) is 44.1 Å². The largest absolute Gasteiger partial charge is 0.353 e. The molecule has 2 heterocycles. The summed E-state index contributed by atoms with van der Waals surface area (Å²) in [5.41, 5.74) is 0.450. The molecule has 1 aliphatic heterocycles. The van der Waals surface area contributed by atoms with E-state index in [9.17, 15) is 9.59 Å². The molecule has 4 rings (SSSR count). The van der Waals surface area contributed by atoms with Gasteiger partial charge in [-0.15, -0.1) is 0 Å². The van der Waals surface area contributed by atoms with Gasteiger partial charge >= 0.3 is 0 Å². The summed E-state index contributed by atoms with van der Waals surface area (Å²) < 4.78 is 6.11. The minimum Gasteiger partial charge on any atom is -0.353 e. The molecule has 1 atom stereocenters. The molecule has 134 valence electrons. The number of hydrogen-bond acceptors (Lipinski definition) is 4. The number of aromatic nitrogens is 1. The topological polar surface area (TPSA) is 71.5 Å². The van der Waals surface area contributed by atoms with Crippen molar-refractivity contribution >= 4 is 11.8 Å². The number of hydrogen-bond donors (Lipinski definition) is 1. The molecule has 0 radical (unpaired) electrons. The van der Waals surface area contributed by atoms with Crippen LogP contribution >= 0.6 is 0 Å². The molecule has 0 bridgehead atoms. The van der Waals surface area contributed by atoms with Gasteiger partial charge in [-0.1, -0.05) is 6.42 Å². The average molecular weight is 343 g/mol. The number of carbonyl (C=O) groups excluding carboxylic acids is 2. The third-order valence-corrected chi connectivity index (χ3v) is 5.58. The minimum atomic E-state index is -0.545. The highest BCUT2D eigenvalue weighted by atomic mass is 16.5. The van der Waals surface area contributed by atoms with Gasteiger partial charge in [-0.2, -0.15) is 0 Å². The zero-order chi connectivity index (χ0) is 17.3. The van der Waals surface area contributed by atoms with E-state index in [4.69, 9.17) is 4.74 Å². The van der Waals surface area contributed by atoms with Crippen molar-refractivity contribution in [1.29, 1.82) is 0 Å². The molecule has 1 unspecified atom stereocenters. The summed E-state index contributed by atoms with van der Waals surface area (Å²) in [6, 6.07) is 3.25. The van der Waals surface area contributed by atoms with E-state index in [0.29, 0.717) is 13.2 Å². The molecular weight excluding hydrogens is 318 g/mol. The van der Waals surface area contributed by atoms with E-state index in [2.05, 4.69) is 10.3 Å². The Morgan fingerprint density at radius 1 is 1.20 bits per heavy atom. The van der Waals surface area contributed by atoms with Gasteiger partial charge in [0.2, 0.25) is 11.8 Å². The van der Waals surface area contributed by atoms with Gasteiger partial charge in [0.1, 0.15) is 11.8 Å². The third-order valence-electron chi connectivity index (χ3n) is 5.58. The second-order valence-electron chi connectivity index (χ2n) is 7.39. The molecule has 1 aromatic heterocycles. The highest BCUT2D eigenvalue weighted by Crippen LogP contribution is 2.44. The second kappa shape index (κ2) is 6.75. The van der Waals surface area contributed by atoms with Crippen LogP contribution in [-0.2, 0) is 20.9 Å². The fourth-order valence-electron chi connectivity index (χ4n) is 4.03. The molecule has 0 aromatic carbocycles. The van der Waals surface area contributed by atoms with Crippen molar-refractivity contribution in [3.05, 3.63) is 30.1 Å². The molecule has 6 heteroatoms. The standard InChI is InChI=1S/C19H25N3O3/c23-17(21-12-14-6-10-20-11-7-14)16-13-25-19(8-2-1-3-9-19)22(16)18(24)15-4-5-15/h6-7,10-11,15-16H,1-5,8-9,12-13H2,(H,21,23). The highest BCUT2D eigenvalue weighted by Gasteiger charge is 2.54. The molecule has 1 spiro atoms. The van der Waals surface area contributed by atoms with Crippen molar-refractivity contribution in [2.24, 2.45) is 5.92 Å². The van der Waals surface area contributed by atoms with Crippen molar-refractivity contribution in [2.75, 3.05) is 6.61 Å². The van der Waals surface area contributed by atoms with Crippen LogP contribution in [-0.4, -0.2) is 40.1 Å². The van der Waals surface area contributed by atoms with Crippen molar-refractivity contribution in [3.8, 4) is 0 Å². The predicted octanol–water partition coefficient (Wildman–Crippen LogP) is 2.00. The van der Waals surface area contributed by atoms with Crippen LogP contribution in [0.1, 0.15) is 50.5 Å². The fourth-order valence-corrected chi connectivity index (χ4v) is 4.03. The van der Waals surface area contributed by atoms with Crippen LogP contribution in [0.4, 0.5) is 0 Å². The number of carbonyl (C=O) groups is 2. The van der Waals surface area contributed by atoms with Crippen LogP contribution in [0.15, 0.2) is 24.5 Å². The van der Waals surface area contributed by atoms with Crippen molar-refractivity contribution in [1.82, 2.24) is 15.2 Å². The summed E-state index contributed by atoms with van der Waals surface area (Å²) >= 11 is 0. The van der Waals surface area contributed by atoms with Crippen LogP contribution in [0.25, 0.3) is 0 Å². The first-order chi connectivity index (χ1) is 12.2. The average Bonchev–Trinajstić information content (AvgIpc) is 3.44. The third kappa shape index (κ3) is 3.27. The summed E-state index contributed by atoms with van der Waals surface area (Å²) in [6.45, 7) is 0.747. The van der Waals surface area contributed by atoms with Crippen LogP contribution in [0, 0.1) is 5.92 Å². The summed E-state index contributed by atoms with van der Waals surface area (Å²) in [7, 11) is 0. The number of amides is 2. The van der Waals surface area contributed by atoms with Crippen LogP contribution < -0.4 is 5.32 Å². The van der Waals surface area contributed by atoms with E-state index < -0.39 is 11.8 Å². The lowest BCUT2D eigenvalue weighted by molar-refractivity contribution is -0.161. The van der Waals surface area contributed by atoms with Crippen molar-refractivity contribution < 1.29 is 14.3 Å².